The lowest BCUT2D eigenvalue weighted by molar-refractivity contribution is -0.143. The van der Waals surface area contributed by atoms with Crippen molar-refractivity contribution < 1.29 is 24.6 Å². The Morgan fingerprint density at radius 2 is 2.00 bits per heavy atom. The molecule has 0 saturated carbocycles. The number of carbonyl (C=O) groups is 3. The number of benzene rings is 1. The molecule has 184 valence electrons. The second kappa shape index (κ2) is 10.1. The van der Waals surface area contributed by atoms with Crippen LogP contribution in [0.3, 0.4) is 0 Å². The van der Waals surface area contributed by atoms with Gasteiger partial charge in [-0.3, -0.25) is 14.4 Å². The number of carbonyl (C=O) groups excluding carboxylic acids is 3. The van der Waals surface area contributed by atoms with E-state index in [9.17, 15) is 24.6 Å². The van der Waals surface area contributed by atoms with Crippen LogP contribution in [0.2, 0.25) is 0 Å². The molecule has 3 rings (SSSR count). The summed E-state index contributed by atoms with van der Waals surface area (Å²) in [6.45, 7) is 8.79. The molecule has 34 heavy (non-hydrogen) atoms. The minimum absolute atomic E-state index is 0.0111. The predicted molar refractivity (Wildman–Crippen MR) is 129 cm³/mol. The standard InChI is InChI=1S/C24H32N4O5S/c1-13-20(34-12-26-13)15-6-7-16(19(31)8-15)10-25-22(32)18-9-17(30)11-28(18)23(33)21(24(3,4)5)27-14(2)29/h6-8,12,17-18,21,30-31H,9-11H2,1-5H3,(H,25,32)(H,27,29)/t17-,18+,21-/m1/s1. The Balaban J connectivity index is 1.71. The van der Waals surface area contributed by atoms with Crippen LogP contribution in [0.15, 0.2) is 23.7 Å². The summed E-state index contributed by atoms with van der Waals surface area (Å²) in [6.07, 6.45) is -0.739. The van der Waals surface area contributed by atoms with Crippen LogP contribution in [-0.4, -0.2) is 62.6 Å². The zero-order valence-electron chi connectivity index (χ0n) is 20.1. The van der Waals surface area contributed by atoms with E-state index in [0.717, 1.165) is 16.1 Å². The van der Waals surface area contributed by atoms with Crippen molar-refractivity contribution in [3.8, 4) is 16.2 Å². The van der Waals surface area contributed by atoms with Crippen molar-refractivity contribution in [1.29, 1.82) is 0 Å². The van der Waals surface area contributed by atoms with Gasteiger partial charge in [-0.25, -0.2) is 4.98 Å². The average Bonchev–Trinajstić information content (AvgIpc) is 3.35. The summed E-state index contributed by atoms with van der Waals surface area (Å²) in [7, 11) is 0. The zero-order valence-corrected chi connectivity index (χ0v) is 20.9. The van der Waals surface area contributed by atoms with Crippen LogP contribution in [0.4, 0.5) is 0 Å². The number of aryl methyl sites for hydroxylation is 1. The minimum Gasteiger partial charge on any atom is -0.508 e. The van der Waals surface area contributed by atoms with Gasteiger partial charge in [-0.05, 0) is 24.0 Å². The van der Waals surface area contributed by atoms with E-state index in [-0.39, 0.29) is 31.2 Å². The van der Waals surface area contributed by atoms with E-state index in [2.05, 4.69) is 15.6 Å². The maximum Gasteiger partial charge on any atom is 0.246 e. The molecule has 1 fully saturated rings. The number of amides is 3. The fourth-order valence-corrected chi connectivity index (χ4v) is 4.86. The molecule has 2 aromatic rings. The van der Waals surface area contributed by atoms with Crippen molar-refractivity contribution in [2.45, 2.75) is 65.8 Å². The number of β-amino-alcohol motifs (C(OH)–C–C–N with tert-alkyl or cyclic N) is 1. The van der Waals surface area contributed by atoms with Gasteiger partial charge in [0.15, 0.2) is 0 Å². The van der Waals surface area contributed by atoms with Crippen LogP contribution in [0.5, 0.6) is 5.75 Å². The van der Waals surface area contributed by atoms with E-state index < -0.39 is 35.4 Å². The van der Waals surface area contributed by atoms with Gasteiger partial charge in [0.05, 0.1) is 22.2 Å². The summed E-state index contributed by atoms with van der Waals surface area (Å²) in [5.41, 5.74) is 3.41. The third-order valence-corrected chi connectivity index (χ3v) is 6.85. The fourth-order valence-electron chi connectivity index (χ4n) is 4.06. The van der Waals surface area contributed by atoms with E-state index in [4.69, 9.17) is 0 Å². The number of likely N-dealkylation sites (tertiary alicyclic amines) is 1. The van der Waals surface area contributed by atoms with Crippen LogP contribution in [-0.2, 0) is 20.9 Å². The van der Waals surface area contributed by atoms with Crippen LogP contribution < -0.4 is 10.6 Å². The molecule has 0 bridgehead atoms. The highest BCUT2D eigenvalue weighted by atomic mass is 32.1. The molecule has 1 aromatic heterocycles. The molecule has 1 aliphatic heterocycles. The number of aliphatic hydroxyl groups excluding tert-OH is 1. The quantitative estimate of drug-likeness (QED) is 0.491. The molecule has 10 heteroatoms. The van der Waals surface area contributed by atoms with E-state index >= 15 is 0 Å². The molecule has 0 unspecified atom stereocenters. The van der Waals surface area contributed by atoms with Gasteiger partial charge in [-0.1, -0.05) is 32.9 Å². The second-order valence-electron chi connectivity index (χ2n) is 9.72. The maximum atomic E-state index is 13.3. The lowest BCUT2D eigenvalue weighted by Gasteiger charge is -2.35. The SMILES string of the molecule is CC(=O)N[C@H](C(=O)N1C[C@H](O)C[C@H]1C(=O)NCc1ccc(-c2scnc2C)cc1O)C(C)(C)C. The molecule has 0 radical (unpaired) electrons. The number of hydrogen-bond donors (Lipinski definition) is 4. The highest BCUT2D eigenvalue weighted by Crippen LogP contribution is 2.31. The fraction of sp³-hybridized carbons (Fsp3) is 0.500. The first-order valence-corrected chi connectivity index (χ1v) is 12.0. The maximum absolute atomic E-state index is 13.3. The number of hydrogen-bond acceptors (Lipinski definition) is 7. The Morgan fingerprint density at radius 3 is 2.56 bits per heavy atom. The monoisotopic (exact) mass is 488 g/mol. The van der Waals surface area contributed by atoms with Gasteiger partial charge in [-0.15, -0.1) is 11.3 Å². The number of aliphatic hydroxyl groups is 1. The minimum atomic E-state index is -0.873. The van der Waals surface area contributed by atoms with Crippen LogP contribution in [0, 0.1) is 12.3 Å². The largest absolute Gasteiger partial charge is 0.508 e. The Hall–Kier alpha value is -2.98. The number of phenolic OH excluding ortho intramolecular Hbond substituents is 1. The van der Waals surface area contributed by atoms with Crippen molar-refractivity contribution in [2.24, 2.45) is 5.41 Å². The molecule has 9 nitrogen and oxygen atoms in total. The first-order valence-electron chi connectivity index (χ1n) is 11.1. The number of nitrogens with one attached hydrogen (secondary N) is 2. The summed E-state index contributed by atoms with van der Waals surface area (Å²) < 4.78 is 0. The van der Waals surface area contributed by atoms with E-state index in [1.165, 1.54) is 23.2 Å². The molecule has 1 aromatic carbocycles. The summed E-state index contributed by atoms with van der Waals surface area (Å²) in [5.74, 6) is -1.14. The first kappa shape index (κ1) is 25.6. The smallest absolute Gasteiger partial charge is 0.246 e. The van der Waals surface area contributed by atoms with Crippen molar-refractivity contribution in [3.05, 3.63) is 35.0 Å². The van der Waals surface area contributed by atoms with Crippen molar-refractivity contribution in [3.63, 3.8) is 0 Å². The summed E-state index contributed by atoms with van der Waals surface area (Å²) in [6, 6.07) is 3.53. The molecule has 2 heterocycles. The third kappa shape index (κ3) is 5.74. The van der Waals surface area contributed by atoms with Gasteiger partial charge >= 0.3 is 0 Å². The lowest BCUT2D eigenvalue weighted by atomic mass is 9.85. The van der Waals surface area contributed by atoms with Crippen LogP contribution >= 0.6 is 11.3 Å². The number of rotatable bonds is 6. The topological polar surface area (TPSA) is 132 Å². The summed E-state index contributed by atoms with van der Waals surface area (Å²) >= 11 is 1.48. The van der Waals surface area contributed by atoms with Gasteiger partial charge in [0.1, 0.15) is 17.8 Å². The molecule has 3 atom stereocenters. The Kier molecular flexibility index (Phi) is 7.62. The molecule has 0 aliphatic carbocycles. The number of aromatic hydroxyl groups is 1. The Bertz CT molecular complexity index is 1080. The number of thiazole rings is 1. The van der Waals surface area contributed by atoms with E-state index in [0.29, 0.717) is 5.56 Å². The summed E-state index contributed by atoms with van der Waals surface area (Å²) in [5, 5.41) is 26.1. The highest BCUT2D eigenvalue weighted by molar-refractivity contribution is 7.13. The highest BCUT2D eigenvalue weighted by Gasteiger charge is 2.44. The Labute approximate surface area is 203 Å². The molecular weight excluding hydrogens is 456 g/mol. The van der Waals surface area contributed by atoms with E-state index in [1.54, 1.807) is 17.6 Å². The predicted octanol–water partition coefficient (Wildman–Crippen LogP) is 1.95. The van der Waals surface area contributed by atoms with Crippen LogP contribution in [0.25, 0.3) is 10.4 Å². The van der Waals surface area contributed by atoms with Gasteiger partial charge in [0, 0.05) is 32.0 Å². The van der Waals surface area contributed by atoms with Gasteiger partial charge in [0.25, 0.3) is 0 Å². The van der Waals surface area contributed by atoms with Crippen molar-refractivity contribution in [2.75, 3.05) is 6.54 Å². The Morgan fingerprint density at radius 1 is 1.29 bits per heavy atom. The van der Waals surface area contributed by atoms with Gasteiger partial charge in [0.2, 0.25) is 17.7 Å². The molecule has 0 spiro atoms. The summed E-state index contributed by atoms with van der Waals surface area (Å²) in [4.78, 5) is 44.5. The normalized spacial score (nSPS) is 19.1. The first-order chi connectivity index (χ1) is 15.9. The molecule has 1 aliphatic rings. The van der Waals surface area contributed by atoms with Gasteiger partial charge < -0.3 is 25.7 Å². The zero-order chi connectivity index (χ0) is 25.2. The number of phenols is 1. The molecule has 1 saturated heterocycles. The van der Waals surface area contributed by atoms with Gasteiger partial charge in [-0.2, -0.15) is 0 Å². The van der Waals surface area contributed by atoms with Crippen LogP contribution in [0.1, 0.15) is 45.4 Å². The van der Waals surface area contributed by atoms with E-state index in [1.807, 2.05) is 33.8 Å². The average molecular weight is 489 g/mol. The lowest BCUT2D eigenvalue weighted by Crippen LogP contribution is -2.57. The molecular formula is C24H32N4O5S. The third-order valence-electron chi connectivity index (χ3n) is 5.87. The van der Waals surface area contributed by atoms with Crippen molar-refractivity contribution in [1.82, 2.24) is 20.5 Å². The molecule has 4 N–H and O–H groups in total. The second-order valence-corrected chi connectivity index (χ2v) is 10.6. The number of nitrogens with zero attached hydrogens (tertiary/aromatic N) is 2. The van der Waals surface area contributed by atoms with Crippen molar-refractivity contribution >= 4 is 29.1 Å². The molecule has 3 amide bonds. The number of aromatic nitrogens is 1.